The summed E-state index contributed by atoms with van der Waals surface area (Å²) in [5, 5.41) is 3.32. The Hall–Kier alpha value is -1.00. The van der Waals surface area contributed by atoms with E-state index < -0.39 is 0 Å². The Morgan fingerprint density at radius 1 is 1.23 bits per heavy atom. The van der Waals surface area contributed by atoms with Crippen LogP contribution in [0.1, 0.15) is 5.82 Å². The minimum Gasteiger partial charge on any atom is -0.314 e. The van der Waals surface area contributed by atoms with Gasteiger partial charge in [0.15, 0.2) is 0 Å². The summed E-state index contributed by atoms with van der Waals surface area (Å²) >= 11 is 0. The number of nitrogens with zero attached hydrogens (tertiary/aromatic N) is 3. The highest BCUT2D eigenvalue weighted by Gasteiger charge is 2.10. The van der Waals surface area contributed by atoms with Gasteiger partial charge in [-0.25, -0.2) is 9.97 Å². The molecule has 1 aromatic rings. The zero-order chi connectivity index (χ0) is 8.93. The molecule has 2 rings (SSSR count). The molecule has 1 fully saturated rings. The lowest BCUT2D eigenvalue weighted by Crippen LogP contribution is -2.43. The van der Waals surface area contributed by atoms with E-state index >= 15 is 0 Å². The van der Waals surface area contributed by atoms with Gasteiger partial charge in [-0.1, -0.05) is 0 Å². The van der Waals surface area contributed by atoms with Crippen LogP contribution in [-0.2, 0) is 6.54 Å². The summed E-state index contributed by atoms with van der Waals surface area (Å²) in [5.41, 5.74) is 0. The normalized spacial score (nSPS) is 18.8. The van der Waals surface area contributed by atoms with E-state index in [2.05, 4.69) is 20.2 Å². The molecule has 0 radical (unpaired) electrons. The molecule has 0 bridgehead atoms. The first-order chi connectivity index (χ1) is 6.45. The van der Waals surface area contributed by atoms with Crippen molar-refractivity contribution >= 4 is 0 Å². The highest BCUT2D eigenvalue weighted by Crippen LogP contribution is 1.98. The van der Waals surface area contributed by atoms with Crippen molar-refractivity contribution < 1.29 is 0 Å². The minimum atomic E-state index is 0.878. The van der Waals surface area contributed by atoms with E-state index in [1.54, 1.807) is 12.4 Å². The van der Waals surface area contributed by atoms with Gasteiger partial charge >= 0.3 is 0 Å². The molecule has 1 aromatic heterocycles. The lowest BCUT2D eigenvalue weighted by molar-refractivity contribution is 0.228. The van der Waals surface area contributed by atoms with Crippen LogP contribution in [0, 0.1) is 0 Å². The fourth-order valence-corrected chi connectivity index (χ4v) is 1.48. The Bertz CT molecular complexity index is 243. The van der Waals surface area contributed by atoms with Crippen molar-refractivity contribution in [1.82, 2.24) is 20.2 Å². The first-order valence-corrected chi connectivity index (χ1v) is 4.64. The van der Waals surface area contributed by atoms with Gasteiger partial charge in [0, 0.05) is 38.6 Å². The summed E-state index contributed by atoms with van der Waals surface area (Å²) in [6, 6.07) is 1.85. The van der Waals surface area contributed by atoms with Crippen LogP contribution in [0.3, 0.4) is 0 Å². The first-order valence-electron chi connectivity index (χ1n) is 4.64. The Morgan fingerprint density at radius 3 is 2.62 bits per heavy atom. The third kappa shape index (κ3) is 2.47. The topological polar surface area (TPSA) is 41.1 Å². The third-order valence-electron chi connectivity index (χ3n) is 2.19. The van der Waals surface area contributed by atoms with E-state index in [1.165, 1.54) is 0 Å². The Balaban J connectivity index is 1.90. The second-order valence-corrected chi connectivity index (χ2v) is 3.19. The van der Waals surface area contributed by atoms with Crippen molar-refractivity contribution in [2.24, 2.45) is 0 Å². The van der Waals surface area contributed by atoms with Crippen LogP contribution < -0.4 is 5.32 Å². The monoisotopic (exact) mass is 178 g/mol. The minimum absolute atomic E-state index is 0.878. The Morgan fingerprint density at radius 2 is 1.92 bits per heavy atom. The molecular weight excluding hydrogens is 164 g/mol. The molecule has 0 aromatic carbocycles. The largest absolute Gasteiger partial charge is 0.314 e. The van der Waals surface area contributed by atoms with Gasteiger partial charge in [-0.3, -0.25) is 4.90 Å². The second kappa shape index (κ2) is 4.30. The maximum atomic E-state index is 4.20. The lowest BCUT2D eigenvalue weighted by atomic mass is 10.3. The molecule has 0 unspecified atom stereocenters. The molecule has 0 atom stereocenters. The quantitative estimate of drug-likeness (QED) is 0.685. The standard InChI is InChI=1S/C9H14N4/c1-2-11-9(12-3-1)8-13-6-4-10-5-7-13/h1-3,10H,4-8H2. The highest BCUT2D eigenvalue weighted by atomic mass is 15.2. The molecule has 13 heavy (non-hydrogen) atoms. The van der Waals surface area contributed by atoms with Gasteiger partial charge in [-0.15, -0.1) is 0 Å². The summed E-state index contributed by atoms with van der Waals surface area (Å²) in [5.74, 6) is 0.921. The van der Waals surface area contributed by atoms with E-state index in [0.29, 0.717) is 0 Å². The van der Waals surface area contributed by atoms with Gasteiger partial charge in [-0.2, -0.15) is 0 Å². The second-order valence-electron chi connectivity index (χ2n) is 3.19. The maximum absolute atomic E-state index is 4.20. The van der Waals surface area contributed by atoms with Gasteiger partial charge in [-0.05, 0) is 6.07 Å². The van der Waals surface area contributed by atoms with Gasteiger partial charge < -0.3 is 5.32 Å². The predicted octanol–water partition coefficient (Wildman–Crippen LogP) is -0.118. The summed E-state index contributed by atoms with van der Waals surface area (Å²) < 4.78 is 0. The molecule has 1 aliphatic heterocycles. The number of rotatable bonds is 2. The molecule has 1 aliphatic rings. The highest BCUT2D eigenvalue weighted by molar-refractivity contribution is 4.88. The van der Waals surface area contributed by atoms with Crippen molar-refractivity contribution in [2.75, 3.05) is 26.2 Å². The molecule has 2 heterocycles. The van der Waals surface area contributed by atoms with Crippen molar-refractivity contribution in [3.63, 3.8) is 0 Å². The van der Waals surface area contributed by atoms with E-state index in [-0.39, 0.29) is 0 Å². The predicted molar refractivity (Wildman–Crippen MR) is 50.2 cm³/mol. The molecule has 1 saturated heterocycles. The van der Waals surface area contributed by atoms with Crippen molar-refractivity contribution in [1.29, 1.82) is 0 Å². The first kappa shape index (κ1) is 8.59. The van der Waals surface area contributed by atoms with Crippen molar-refractivity contribution in [3.05, 3.63) is 24.3 Å². The van der Waals surface area contributed by atoms with Crippen LogP contribution in [0.15, 0.2) is 18.5 Å². The summed E-state index contributed by atoms with van der Waals surface area (Å²) in [6.45, 7) is 5.22. The van der Waals surface area contributed by atoms with Crippen LogP contribution in [0.4, 0.5) is 0 Å². The molecular formula is C9H14N4. The third-order valence-corrected chi connectivity index (χ3v) is 2.19. The van der Waals surface area contributed by atoms with E-state index in [4.69, 9.17) is 0 Å². The van der Waals surface area contributed by atoms with E-state index in [1.807, 2.05) is 6.07 Å². The van der Waals surface area contributed by atoms with Gasteiger partial charge in [0.2, 0.25) is 0 Å². The van der Waals surface area contributed by atoms with Crippen LogP contribution in [0.25, 0.3) is 0 Å². The molecule has 0 saturated carbocycles. The van der Waals surface area contributed by atoms with E-state index in [0.717, 1.165) is 38.5 Å². The molecule has 4 heteroatoms. The summed E-state index contributed by atoms with van der Waals surface area (Å²) in [4.78, 5) is 10.8. The lowest BCUT2D eigenvalue weighted by Gasteiger charge is -2.26. The number of nitrogens with one attached hydrogen (secondary N) is 1. The molecule has 0 spiro atoms. The fraction of sp³-hybridized carbons (Fsp3) is 0.556. The molecule has 0 aliphatic carbocycles. The smallest absolute Gasteiger partial charge is 0.142 e. The molecule has 1 N–H and O–H groups in total. The Kier molecular flexibility index (Phi) is 2.84. The van der Waals surface area contributed by atoms with Crippen LogP contribution in [-0.4, -0.2) is 41.0 Å². The fourth-order valence-electron chi connectivity index (χ4n) is 1.48. The zero-order valence-electron chi connectivity index (χ0n) is 7.61. The number of aromatic nitrogens is 2. The van der Waals surface area contributed by atoms with Crippen molar-refractivity contribution in [3.8, 4) is 0 Å². The molecule has 4 nitrogen and oxygen atoms in total. The van der Waals surface area contributed by atoms with Gasteiger partial charge in [0.1, 0.15) is 5.82 Å². The van der Waals surface area contributed by atoms with Crippen LogP contribution >= 0.6 is 0 Å². The van der Waals surface area contributed by atoms with Gasteiger partial charge in [0.05, 0.1) is 6.54 Å². The number of hydrogen-bond acceptors (Lipinski definition) is 4. The summed E-state index contributed by atoms with van der Waals surface area (Å²) in [7, 11) is 0. The number of piperazine rings is 1. The van der Waals surface area contributed by atoms with Crippen molar-refractivity contribution in [2.45, 2.75) is 6.54 Å². The van der Waals surface area contributed by atoms with Crippen LogP contribution in [0.2, 0.25) is 0 Å². The average Bonchev–Trinajstić information content (AvgIpc) is 2.21. The van der Waals surface area contributed by atoms with Gasteiger partial charge in [0.25, 0.3) is 0 Å². The van der Waals surface area contributed by atoms with E-state index in [9.17, 15) is 0 Å². The molecule has 70 valence electrons. The number of hydrogen-bond donors (Lipinski definition) is 1. The summed E-state index contributed by atoms with van der Waals surface area (Å²) in [6.07, 6.45) is 3.59. The van der Waals surface area contributed by atoms with Crippen LogP contribution in [0.5, 0.6) is 0 Å². The molecule has 0 amide bonds. The SMILES string of the molecule is c1cnc(CN2CCNCC2)nc1. The zero-order valence-corrected chi connectivity index (χ0v) is 7.61. The maximum Gasteiger partial charge on any atom is 0.142 e. The Labute approximate surface area is 78.0 Å². The average molecular weight is 178 g/mol.